The molecule has 4 rings (SSSR count). The van der Waals surface area contributed by atoms with Gasteiger partial charge in [-0.05, 0) is 29.8 Å². The minimum Gasteiger partial charge on any atom is -0.497 e. The molecule has 9 heteroatoms. The third-order valence-electron chi connectivity index (χ3n) is 4.91. The van der Waals surface area contributed by atoms with Crippen LogP contribution in [-0.2, 0) is 11.3 Å². The van der Waals surface area contributed by atoms with E-state index in [9.17, 15) is 13.6 Å². The van der Waals surface area contributed by atoms with Crippen LogP contribution >= 0.6 is 0 Å². The lowest BCUT2D eigenvalue weighted by atomic mass is 10.1. The molecule has 156 valence electrons. The SMILES string of the molecule is COc1cc(OC)cc(-c2noc(C3CC(=O)N(Cc4cc(F)cc(F)c4)C3)n2)c1. The molecular weight excluding hydrogens is 396 g/mol. The first-order valence-electron chi connectivity index (χ1n) is 9.25. The Morgan fingerprint density at radius 1 is 1.07 bits per heavy atom. The Bertz CT molecular complexity index is 1040. The van der Waals surface area contributed by atoms with E-state index in [1.165, 1.54) is 17.0 Å². The van der Waals surface area contributed by atoms with E-state index < -0.39 is 11.6 Å². The number of carbonyl (C=O) groups is 1. The van der Waals surface area contributed by atoms with Gasteiger partial charge in [0.15, 0.2) is 0 Å². The summed E-state index contributed by atoms with van der Waals surface area (Å²) in [6, 6.07) is 8.46. The molecule has 7 nitrogen and oxygen atoms in total. The zero-order valence-corrected chi connectivity index (χ0v) is 16.4. The first-order chi connectivity index (χ1) is 14.4. The fourth-order valence-corrected chi connectivity index (χ4v) is 3.47. The summed E-state index contributed by atoms with van der Waals surface area (Å²) in [4.78, 5) is 18.3. The number of methoxy groups -OCH3 is 2. The molecule has 0 N–H and O–H groups in total. The summed E-state index contributed by atoms with van der Waals surface area (Å²) >= 11 is 0. The van der Waals surface area contributed by atoms with Gasteiger partial charge in [0.2, 0.25) is 17.6 Å². The van der Waals surface area contributed by atoms with Crippen molar-refractivity contribution in [2.24, 2.45) is 0 Å². The molecule has 1 saturated heterocycles. The van der Waals surface area contributed by atoms with Gasteiger partial charge in [-0.25, -0.2) is 8.78 Å². The number of hydrogen-bond acceptors (Lipinski definition) is 6. The van der Waals surface area contributed by atoms with Gasteiger partial charge in [0.25, 0.3) is 0 Å². The number of carbonyl (C=O) groups excluding carboxylic acids is 1. The van der Waals surface area contributed by atoms with Crippen LogP contribution in [-0.4, -0.2) is 41.7 Å². The second-order valence-corrected chi connectivity index (χ2v) is 7.01. The summed E-state index contributed by atoms with van der Waals surface area (Å²) in [7, 11) is 3.09. The number of amides is 1. The maximum absolute atomic E-state index is 13.4. The Morgan fingerprint density at radius 2 is 1.73 bits per heavy atom. The fraction of sp³-hybridized carbons (Fsp3) is 0.286. The molecule has 1 aromatic heterocycles. The van der Waals surface area contributed by atoms with Crippen LogP contribution in [0.5, 0.6) is 11.5 Å². The number of nitrogens with zero attached hydrogens (tertiary/aromatic N) is 3. The molecule has 1 aliphatic heterocycles. The number of ether oxygens (including phenoxy) is 2. The largest absolute Gasteiger partial charge is 0.497 e. The third kappa shape index (κ3) is 4.10. The van der Waals surface area contributed by atoms with Crippen LogP contribution in [0.2, 0.25) is 0 Å². The molecule has 30 heavy (non-hydrogen) atoms. The van der Waals surface area contributed by atoms with Crippen LogP contribution in [0, 0.1) is 11.6 Å². The van der Waals surface area contributed by atoms with E-state index in [1.807, 2.05) is 0 Å². The summed E-state index contributed by atoms with van der Waals surface area (Å²) in [5.74, 6) is 0.0397. The number of aromatic nitrogens is 2. The van der Waals surface area contributed by atoms with Crippen LogP contribution in [0.15, 0.2) is 40.9 Å². The zero-order chi connectivity index (χ0) is 21.3. The molecular formula is C21H19F2N3O4. The van der Waals surface area contributed by atoms with Crippen LogP contribution in [0.1, 0.15) is 23.8 Å². The molecule has 1 atom stereocenters. The van der Waals surface area contributed by atoms with Crippen LogP contribution in [0.3, 0.4) is 0 Å². The molecule has 0 saturated carbocycles. The standard InChI is InChI=1S/C21H19F2N3O4/c1-28-17-5-13(6-18(9-17)29-2)20-24-21(30-25-20)14-7-19(27)26(11-14)10-12-3-15(22)8-16(23)4-12/h3-6,8-9,14H,7,10-11H2,1-2H3. The van der Waals surface area contributed by atoms with Crippen molar-refractivity contribution in [1.29, 1.82) is 0 Å². The number of hydrogen-bond donors (Lipinski definition) is 0. The van der Waals surface area contributed by atoms with Crippen LogP contribution in [0.25, 0.3) is 11.4 Å². The lowest BCUT2D eigenvalue weighted by molar-refractivity contribution is -0.128. The molecule has 2 heterocycles. The Kier molecular flexibility index (Phi) is 5.35. The van der Waals surface area contributed by atoms with E-state index in [4.69, 9.17) is 14.0 Å². The lowest BCUT2D eigenvalue weighted by Gasteiger charge is -2.16. The van der Waals surface area contributed by atoms with Crippen LogP contribution < -0.4 is 9.47 Å². The molecule has 0 spiro atoms. The molecule has 0 bridgehead atoms. The zero-order valence-electron chi connectivity index (χ0n) is 16.4. The van der Waals surface area contributed by atoms with E-state index in [-0.39, 0.29) is 24.8 Å². The number of rotatable bonds is 6. The average molecular weight is 415 g/mol. The van der Waals surface area contributed by atoms with Crippen molar-refractivity contribution in [1.82, 2.24) is 15.0 Å². The molecule has 3 aromatic rings. The van der Waals surface area contributed by atoms with Gasteiger partial charge >= 0.3 is 0 Å². The quantitative estimate of drug-likeness (QED) is 0.613. The van der Waals surface area contributed by atoms with Gasteiger partial charge in [0.05, 0.1) is 20.1 Å². The van der Waals surface area contributed by atoms with Crippen molar-refractivity contribution in [3.05, 3.63) is 59.5 Å². The molecule has 1 fully saturated rings. The summed E-state index contributed by atoms with van der Waals surface area (Å²) in [6.45, 7) is 0.429. The van der Waals surface area contributed by atoms with Gasteiger partial charge in [-0.15, -0.1) is 0 Å². The Morgan fingerprint density at radius 3 is 2.37 bits per heavy atom. The van der Waals surface area contributed by atoms with Crippen molar-refractivity contribution in [3.63, 3.8) is 0 Å². The summed E-state index contributed by atoms with van der Waals surface area (Å²) in [5.41, 5.74) is 1.04. The minimum absolute atomic E-state index is 0.109. The van der Waals surface area contributed by atoms with Gasteiger partial charge in [-0.2, -0.15) is 4.98 Å². The number of benzene rings is 2. The topological polar surface area (TPSA) is 77.7 Å². The molecule has 0 aliphatic carbocycles. The maximum Gasteiger partial charge on any atom is 0.232 e. The first-order valence-corrected chi connectivity index (χ1v) is 9.25. The van der Waals surface area contributed by atoms with Crippen molar-refractivity contribution < 1.29 is 27.6 Å². The lowest BCUT2D eigenvalue weighted by Crippen LogP contribution is -2.24. The second kappa shape index (κ2) is 8.10. The summed E-state index contributed by atoms with van der Waals surface area (Å²) in [5, 5.41) is 4.01. The predicted octanol–water partition coefficient (Wildman–Crippen LogP) is 3.55. The average Bonchev–Trinajstić information content (AvgIpc) is 3.34. The van der Waals surface area contributed by atoms with Crippen molar-refractivity contribution in [3.8, 4) is 22.9 Å². The van der Waals surface area contributed by atoms with Crippen molar-refractivity contribution in [2.45, 2.75) is 18.9 Å². The van der Waals surface area contributed by atoms with E-state index in [2.05, 4.69) is 10.1 Å². The highest BCUT2D eigenvalue weighted by atomic mass is 19.1. The summed E-state index contributed by atoms with van der Waals surface area (Å²) in [6.07, 6.45) is 0.181. The normalized spacial score (nSPS) is 16.2. The van der Waals surface area contributed by atoms with Gasteiger partial charge in [-0.3, -0.25) is 4.79 Å². The van der Waals surface area contributed by atoms with Gasteiger partial charge in [0, 0.05) is 37.2 Å². The molecule has 1 unspecified atom stereocenters. The highest BCUT2D eigenvalue weighted by molar-refractivity contribution is 5.79. The predicted molar refractivity (Wildman–Crippen MR) is 102 cm³/mol. The Balaban J connectivity index is 1.51. The molecule has 0 radical (unpaired) electrons. The van der Waals surface area contributed by atoms with Crippen molar-refractivity contribution in [2.75, 3.05) is 20.8 Å². The van der Waals surface area contributed by atoms with Gasteiger partial charge in [-0.1, -0.05) is 5.16 Å². The minimum atomic E-state index is -0.677. The Hall–Kier alpha value is -3.49. The smallest absolute Gasteiger partial charge is 0.232 e. The van der Waals surface area contributed by atoms with E-state index in [0.29, 0.717) is 40.9 Å². The van der Waals surface area contributed by atoms with E-state index in [1.54, 1.807) is 32.4 Å². The molecule has 2 aromatic carbocycles. The third-order valence-corrected chi connectivity index (χ3v) is 4.91. The van der Waals surface area contributed by atoms with Crippen LogP contribution in [0.4, 0.5) is 8.78 Å². The first kappa shape index (κ1) is 19.8. The van der Waals surface area contributed by atoms with Crippen molar-refractivity contribution >= 4 is 5.91 Å². The second-order valence-electron chi connectivity index (χ2n) is 7.01. The summed E-state index contributed by atoms with van der Waals surface area (Å²) < 4.78 is 42.7. The fourth-order valence-electron chi connectivity index (χ4n) is 3.47. The number of halogens is 2. The highest BCUT2D eigenvalue weighted by Gasteiger charge is 2.34. The van der Waals surface area contributed by atoms with Gasteiger partial charge in [0.1, 0.15) is 23.1 Å². The maximum atomic E-state index is 13.4. The number of likely N-dealkylation sites (tertiary alicyclic amines) is 1. The van der Waals surface area contributed by atoms with E-state index in [0.717, 1.165) is 6.07 Å². The highest BCUT2D eigenvalue weighted by Crippen LogP contribution is 2.32. The van der Waals surface area contributed by atoms with Gasteiger partial charge < -0.3 is 18.9 Å². The van der Waals surface area contributed by atoms with E-state index >= 15 is 0 Å². The Labute approximate surface area is 171 Å². The monoisotopic (exact) mass is 415 g/mol. The molecule has 1 amide bonds. The molecule has 1 aliphatic rings.